The van der Waals surface area contributed by atoms with Crippen LogP contribution in [0.15, 0.2) is 0 Å². The van der Waals surface area contributed by atoms with Crippen LogP contribution in [0.1, 0.15) is 59.8 Å². The van der Waals surface area contributed by atoms with Gasteiger partial charge in [-0.25, -0.2) is 8.42 Å². The molecule has 0 aliphatic heterocycles. The summed E-state index contributed by atoms with van der Waals surface area (Å²) in [6, 6.07) is 0. The summed E-state index contributed by atoms with van der Waals surface area (Å²) < 4.78 is 24.7. The average molecular weight is 261 g/mol. The Bertz CT molecular complexity index is 324. The van der Waals surface area contributed by atoms with E-state index in [0.717, 1.165) is 25.7 Å². The minimum Gasteiger partial charge on any atom is -0.311 e. The van der Waals surface area contributed by atoms with Gasteiger partial charge in [-0.1, -0.05) is 19.3 Å². The SMILES string of the molecule is CC(CNC(C)(C)C)S(=O)(=O)C1CCCCC1. The fraction of sp³-hybridized carbons (Fsp3) is 1.00. The third-order valence-corrected chi connectivity index (χ3v) is 6.19. The van der Waals surface area contributed by atoms with E-state index in [2.05, 4.69) is 26.1 Å². The summed E-state index contributed by atoms with van der Waals surface area (Å²) in [5.41, 5.74) is -0.0175. The Labute approximate surface area is 106 Å². The van der Waals surface area contributed by atoms with Gasteiger partial charge in [-0.3, -0.25) is 0 Å². The molecule has 1 aliphatic carbocycles. The molecule has 102 valence electrons. The van der Waals surface area contributed by atoms with Crippen LogP contribution in [-0.2, 0) is 9.84 Å². The lowest BCUT2D eigenvalue weighted by Crippen LogP contribution is -2.44. The van der Waals surface area contributed by atoms with Gasteiger partial charge in [0.2, 0.25) is 0 Å². The van der Waals surface area contributed by atoms with Gasteiger partial charge in [-0.15, -0.1) is 0 Å². The lowest BCUT2D eigenvalue weighted by atomic mass is 10.0. The van der Waals surface area contributed by atoms with E-state index in [1.807, 2.05) is 6.92 Å². The van der Waals surface area contributed by atoms with Crippen molar-refractivity contribution in [3.8, 4) is 0 Å². The highest BCUT2D eigenvalue weighted by Gasteiger charge is 2.32. The van der Waals surface area contributed by atoms with Crippen LogP contribution < -0.4 is 5.32 Å². The molecule has 0 saturated heterocycles. The Morgan fingerprint density at radius 3 is 2.18 bits per heavy atom. The smallest absolute Gasteiger partial charge is 0.156 e. The van der Waals surface area contributed by atoms with E-state index in [-0.39, 0.29) is 16.0 Å². The van der Waals surface area contributed by atoms with Gasteiger partial charge in [-0.2, -0.15) is 0 Å². The maximum absolute atomic E-state index is 12.4. The van der Waals surface area contributed by atoms with Crippen LogP contribution in [0.25, 0.3) is 0 Å². The van der Waals surface area contributed by atoms with Crippen LogP contribution in [-0.4, -0.2) is 31.0 Å². The van der Waals surface area contributed by atoms with Crippen molar-refractivity contribution in [2.45, 2.75) is 75.8 Å². The zero-order valence-electron chi connectivity index (χ0n) is 11.6. The predicted octanol–water partition coefficient (Wildman–Crippen LogP) is 2.51. The van der Waals surface area contributed by atoms with E-state index >= 15 is 0 Å². The molecule has 1 fully saturated rings. The number of nitrogens with one attached hydrogen (secondary N) is 1. The van der Waals surface area contributed by atoms with E-state index in [1.54, 1.807) is 0 Å². The molecule has 0 aromatic heterocycles. The first-order valence-electron chi connectivity index (χ1n) is 6.71. The molecule has 4 heteroatoms. The standard InChI is InChI=1S/C13H27NO2S/c1-11(10-14-13(2,3)4)17(15,16)12-8-6-5-7-9-12/h11-12,14H,5-10H2,1-4H3. The largest absolute Gasteiger partial charge is 0.311 e. The first kappa shape index (κ1) is 15.0. The van der Waals surface area contributed by atoms with Crippen molar-refractivity contribution in [2.75, 3.05) is 6.54 Å². The fourth-order valence-corrected chi connectivity index (χ4v) is 4.25. The van der Waals surface area contributed by atoms with Crippen molar-refractivity contribution in [1.82, 2.24) is 5.32 Å². The minimum atomic E-state index is -2.95. The molecule has 1 N–H and O–H groups in total. The molecule has 1 aliphatic rings. The van der Waals surface area contributed by atoms with Gasteiger partial charge in [-0.05, 0) is 40.5 Å². The van der Waals surface area contributed by atoms with E-state index in [0.29, 0.717) is 6.54 Å². The second kappa shape index (κ2) is 5.70. The normalized spacial score (nSPS) is 21.4. The maximum atomic E-state index is 12.4. The summed E-state index contributed by atoms with van der Waals surface area (Å²) in [6.07, 6.45) is 5.07. The van der Waals surface area contributed by atoms with Gasteiger partial charge in [0, 0.05) is 12.1 Å². The van der Waals surface area contributed by atoms with Crippen LogP contribution in [0.4, 0.5) is 0 Å². The molecule has 0 heterocycles. The van der Waals surface area contributed by atoms with Crippen LogP contribution in [0.3, 0.4) is 0 Å². The van der Waals surface area contributed by atoms with Crippen molar-refractivity contribution in [3.05, 3.63) is 0 Å². The third kappa shape index (κ3) is 4.59. The summed E-state index contributed by atoms with van der Waals surface area (Å²) in [4.78, 5) is 0. The molecule has 1 saturated carbocycles. The molecule has 0 spiro atoms. The Hall–Kier alpha value is -0.0900. The molecule has 1 atom stereocenters. The molecular weight excluding hydrogens is 234 g/mol. The summed E-state index contributed by atoms with van der Waals surface area (Å²) in [5.74, 6) is 0. The van der Waals surface area contributed by atoms with E-state index in [9.17, 15) is 8.42 Å². The van der Waals surface area contributed by atoms with Crippen molar-refractivity contribution in [2.24, 2.45) is 0 Å². The third-order valence-electron chi connectivity index (χ3n) is 3.50. The molecule has 0 radical (unpaired) electrons. The monoisotopic (exact) mass is 261 g/mol. The maximum Gasteiger partial charge on any atom is 0.156 e. The number of sulfone groups is 1. The first-order chi connectivity index (χ1) is 7.73. The van der Waals surface area contributed by atoms with Crippen LogP contribution in [0.5, 0.6) is 0 Å². The predicted molar refractivity (Wildman–Crippen MR) is 73.0 cm³/mol. The molecule has 17 heavy (non-hydrogen) atoms. The van der Waals surface area contributed by atoms with Gasteiger partial charge in [0.15, 0.2) is 9.84 Å². The molecule has 1 rings (SSSR count). The van der Waals surface area contributed by atoms with E-state index in [4.69, 9.17) is 0 Å². The summed E-state index contributed by atoms with van der Waals surface area (Å²) in [6.45, 7) is 8.58. The fourth-order valence-electron chi connectivity index (χ4n) is 2.29. The second-order valence-electron chi connectivity index (χ2n) is 6.29. The van der Waals surface area contributed by atoms with Crippen molar-refractivity contribution in [1.29, 1.82) is 0 Å². The van der Waals surface area contributed by atoms with Crippen LogP contribution in [0, 0.1) is 0 Å². The van der Waals surface area contributed by atoms with E-state index < -0.39 is 9.84 Å². The highest BCUT2D eigenvalue weighted by atomic mass is 32.2. The van der Waals surface area contributed by atoms with Gasteiger partial charge in [0.05, 0.1) is 10.5 Å². The number of hydrogen-bond donors (Lipinski definition) is 1. The van der Waals surface area contributed by atoms with Gasteiger partial charge >= 0.3 is 0 Å². The quantitative estimate of drug-likeness (QED) is 0.846. The van der Waals surface area contributed by atoms with E-state index in [1.165, 1.54) is 6.42 Å². The minimum absolute atomic E-state index is 0.0175. The van der Waals surface area contributed by atoms with Crippen molar-refractivity contribution >= 4 is 9.84 Å². The summed E-state index contributed by atoms with van der Waals surface area (Å²) in [5, 5.41) is 2.92. The first-order valence-corrected chi connectivity index (χ1v) is 8.32. The highest BCUT2D eigenvalue weighted by molar-refractivity contribution is 7.92. The molecular formula is C13H27NO2S. The highest BCUT2D eigenvalue weighted by Crippen LogP contribution is 2.26. The Morgan fingerprint density at radius 2 is 1.71 bits per heavy atom. The Kier molecular flexibility index (Phi) is 5.02. The molecule has 0 amide bonds. The number of hydrogen-bond acceptors (Lipinski definition) is 3. The lowest BCUT2D eigenvalue weighted by molar-refractivity contribution is 0.420. The summed E-state index contributed by atoms with van der Waals surface area (Å²) >= 11 is 0. The van der Waals surface area contributed by atoms with Gasteiger partial charge in [0.25, 0.3) is 0 Å². The van der Waals surface area contributed by atoms with Crippen LogP contribution >= 0.6 is 0 Å². The summed E-state index contributed by atoms with van der Waals surface area (Å²) in [7, 11) is -2.95. The second-order valence-corrected chi connectivity index (χ2v) is 8.94. The molecule has 0 bridgehead atoms. The zero-order valence-corrected chi connectivity index (χ0v) is 12.4. The molecule has 3 nitrogen and oxygen atoms in total. The number of rotatable bonds is 4. The van der Waals surface area contributed by atoms with Crippen molar-refractivity contribution < 1.29 is 8.42 Å². The zero-order chi connectivity index (χ0) is 13.1. The average Bonchev–Trinajstić information content (AvgIpc) is 2.26. The Morgan fingerprint density at radius 1 is 1.18 bits per heavy atom. The Balaban J connectivity index is 2.56. The van der Waals surface area contributed by atoms with Crippen molar-refractivity contribution in [3.63, 3.8) is 0 Å². The molecule has 0 aromatic carbocycles. The molecule has 1 unspecified atom stereocenters. The lowest BCUT2D eigenvalue weighted by Gasteiger charge is -2.28. The van der Waals surface area contributed by atoms with Gasteiger partial charge < -0.3 is 5.32 Å². The molecule has 0 aromatic rings. The van der Waals surface area contributed by atoms with Gasteiger partial charge in [0.1, 0.15) is 0 Å². The topological polar surface area (TPSA) is 46.2 Å². The van der Waals surface area contributed by atoms with Crippen LogP contribution in [0.2, 0.25) is 0 Å².